The monoisotopic (exact) mass is 412 g/mol. The van der Waals surface area contributed by atoms with Crippen LogP contribution in [0, 0.1) is 5.92 Å². The van der Waals surface area contributed by atoms with Crippen LogP contribution in [-0.4, -0.2) is 36.0 Å². The molecule has 3 nitrogen and oxygen atoms in total. The number of rotatable bonds is 6. The lowest BCUT2D eigenvalue weighted by Gasteiger charge is -2.37. The summed E-state index contributed by atoms with van der Waals surface area (Å²) in [4.78, 5) is 15.1. The lowest BCUT2D eigenvalue weighted by molar-refractivity contribution is 0.0605. The molecule has 2 unspecified atom stereocenters. The zero-order chi connectivity index (χ0) is 19.3. The minimum absolute atomic E-state index is 0. The second-order valence-corrected chi connectivity index (χ2v) is 8.37. The molecule has 0 radical (unpaired) electrons. The van der Waals surface area contributed by atoms with Gasteiger partial charge in [-0.2, -0.15) is 0 Å². The Balaban J connectivity index is 0.00000240. The molecule has 0 bridgehead atoms. The van der Waals surface area contributed by atoms with Gasteiger partial charge in [-0.25, -0.2) is 0 Å². The molecule has 156 valence electrons. The number of fused-ring (bicyclic) bond motifs is 1. The Hall–Kier alpha value is -1.84. The minimum Gasteiger partial charge on any atom is -0.334 e. The Bertz CT molecular complexity index is 769. The van der Waals surface area contributed by atoms with Crippen LogP contribution in [0.1, 0.15) is 54.1 Å². The number of piperidine rings is 1. The third-order valence-electron chi connectivity index (χ3n) is 6.62. The summed E-state index contributed by atoms with van der Waals surface area (Å²) in [6.07, 6.45) is 6.93. The number of nitrogens with one attached hydrogen (secondary N) is 1. The van der Waals surface area contributed by atoms with E-state index in [0.717, 1.165) is 37.9 Å². The first-order valence-electron chi connectivity index (χ1n) is 10.9. The summed E-state index contributed by atoms with van der Waals surface area (Å²) >= 11 is 0. The van der Waals surface area contributed by atoms with E-state index in [1.54, 1.807) is 0 Å². The molecule has 1 aliphatic carbocycles. The molecule has 2 aromatic rings. The number of benzene rings is 2. The number of hydrogen-bond acceptors (Lipinski definition) is 2. The van der Waals surface area contributed by atoms with Crippen molar-refractivity contribution in [3.05, 3.63) is 71.3 Å². The number of carbonyl (C=O) groups is 1. The second-order valence-electron chi connectivity index (χ2n) is 8.37. The van der Waals surface area contributed by atoms with Crippen molar-refractivity contribution < 1.29 is 4.79 Å². The Morgan fingerprint density at radius 3 is 2.34 bits per heavy atom. The fourth-order valence-electron chi connectivity index (χ4n) is 5.04. The van der Waals surface area contributed by atoms with E-state index in [4.69, 9.17) is 0 Å². The topological polar surface area (TPSA) is 32.3 Å². The van der Waals surface area contributed by atoms with Crippen molar-refractivity contribution in [1.82, 2.24) is 10.2 Å². The van der Waals surface area contributed by atoms with Crippen LogP contribution in [0.3, 0.4) is 0 Å². The van der Waals surface area contributed by atoms with Gasteiger partial charge in [-0.3, -0.25) is 4.79 Å². The third-order valence-corrected chi connectivity index (χ3v) is 6.62. The highest BCUT2D eigenvalue weighted by Gasteiger charge is 2.31. The SMILES string of the molecule is CCC(NCC1CCCCN1C(=O)c1ccccc1)C1Cc2ccccc2C1.Cl. The van der Waals surface area contributed by atoms with E-state index in [0.29, 0.717) is 18.0 Å². The molecule has 1 amide bonds. The number of likely N-dealkylation sites (tertiary alicyclic amines) is 1. The highest BCUT2D eigenvalue weighted by Crippen LogP contribution is 2.30. The van der Waals surface area contributed by atoms with Gasteiger partial charge in [0, 0.05) is 30.7 Å². The predicted octanol–water partition coefficient (Wildman–Crippen LogP) is 4.89. The largest absolute Gasteiger partial charge is 0.334 e. The van der Waals surface area contributed by atoms with Gasteiger partial charge in [-0.05, 0) is 67.7 Å². The molecule has 1 N–H and O–H groups in total. The molecule has 1 heterocycles. The first-order valence-corrected chi connectivity index (χ1v) is 10.9. The minimum atomic E-state index is 0. The maximum Gasteiger partial charge on any atom is 0.254 e. The smallest absolute Gasteiger partial charge is 0.254 e. The normalized spacial score (nSPS) is 20.0. The number of hydrogen-bond donors (Lipinski definition) is 1. The van der Waals surface area contributed by atoms with Gasteiger partial charge in [0.05, 0.1) is 0 Å². The van der Waals surface area contributed by atoms with Crippen LogP contribution in [-0.2, 0) is 12.8 Å². The molecule has 4 heteroatoms. The molecule has 1 aliphatic heterocycles. The van der Waals surface area contributed by atoms with Crippen molar-refractivity contribution >= 4 is 18.3 Å². The molecule has 2 atom stereocenters. The van der Waals surface area contributed by atoms with E-state index in [-0.39, 0.29) is 18.3 Å². The number of nitrogens with zero attached hydrogens (tertiary/aromatic N) is 1. The van der Waals surface area contributed by atoms with Crippen LogP contribution in [0.15, 0.2) is 54.6 Å². The Morgan fingerprint density at radius 1 is 1.03 bits per heavy atom. The summed E-state index contributed by atoms with van der Waals surface area (Å²) in [5.41, 5.74) is 3.85. The van der Waals surface area contributed by atoms with Crippen LogP contribution in [0.4, 0.5) is 0 Å². The van der Waals surface area contributed by atoms with Crippen LogP contribution < -0.4 is 5.32 Å². The van der Waals surface area contributed by atoms with Gasteiger partial charge in [-0.1, -0.05) is 49.4 Å². The van der Waals surface area contributed by atoms with Crippen LogP contribution >= 0.6 is 12.4 Å². The van der Waals surface area contributed by atoms with Crippen LogP contribution in [0.5, 0.6) is 0 Å². The molecule has 4 rings (SSSR count). The molecule has 29 heavy (non-hydrogen) atoms. The molecular weight excluding hydrogens is 380 g/mol. The molecular formula is C25H33ClN2O. The summed E-state index contributed by atoms with van der Waals surface area (Å²) in [6, 6.07) is 19.4. The maximum absolute atomic E-state index is 13.0. The zero-order valence-electron chi connectivity index (χ0n) is 17.3. The number of halogens is 1. The molecule has 0 saturated carbocycles. The van der Waals surface area contributed by atoms with E-state index in [9.17, 15) is 4.79 Å². The first kappa shape index (κ1) is 21.9. The van der Waals surface area contributed by atoms with E-state index in [2.05, 4.69) is 41.4 Å². The fraction of sp³-hybridized carbons (Fsp3) is 0.480. The standard InChI is InChI=1S/C25H32N2O.ClH/c1-2-24(22-16-20-12-6-7-13-21(20)17-22)26-18-23-14-8-9-15-27(23)25(28)19-10-4-3-5-11-19;/h3-7,10-13,22-24,26H,2,8-9,14-18H2,1H3;1H. The number of carbonyl (C=O) groups excluding carboxylic acids is 1. The van der Waals surface area contributed by atoms with Gasteiger partial charge < -0.3 is 10.2 Å². The van der Waals surface area contributed by atoms with Gasteiger partial charge in [0.1, 0.15) is 0 Å². The maximum atomic E-state index is 13.0. The highest BCUT2D eigenvalue weighted by atomic mass is 35.5. The van der Waals surface area contributed by atoms with Gasteiger partial charge in [0.25, 0.3) is 5.91 Å². The summed E-state index contributed by atoms with van der Waals surface area (Å²) in [5, 5.41) is 3.86. The van der Waals surface area contributed by atoms with Gasteiger partial charge >= 0.3 is 0 Å². The fourth-order valence-corrected chi connectivity index (χ4v) is 5.04. The molecule has 2 aliphatic rings. The Labute approximate surface area is 181 Å². The third kappa shape index (κ3) is 5.02. The lowest BCUT2D eigenvalue weighted by Crippen LogP contribution is -2.51. The number of amides is 1. The van der Waals surface area contributed by atoms with Crippen molar-refractivity contribution in [3.63, 3.8) is 0 Å². The summed E-state index contributed by atoms with van der Waals surface area (Å²) in [6.45, 7) is 4.07. The first-order chi connectivity index (χ1) is 13.8. The summed E-state index contributed by atoms with van der Waals surface area (Å²) in [5.74, 6) is 0.859. The van der Waals surface area contributed by atoms with Crippen molar-refractivity contribution in [2.24, 2.45) is 5.92 Å². The summed E-state index contributed by atoms with van der Waals surface area (Å²) < 4.78 is 0. The highest BCUT2D eigenvalue weighted by molar-refractivity contribution is 5.94. The van der Waals surface area contributed by atoms with Crippen molar-refractivity contribution in [2.75, 3.05) is 13.1 Å². The molecule has 1 fully saturated rings. The van der Waals surface area contributed by atoms with Gasteiger partial charge in [0.2, 0.25) is 0 Å². The van der Waals surface area contributed by atoms with E-state index in [1.165, 1.54) is 30.4 Å². The van der Waals surface area contributed by atoms with Crippen molar-refractivity contribution in [1.29, 1.82) is 0 Å². The summed E-state index contributed by atoms with van der Waals surface area (Å²) in [7, 11) is 0. The Morgan fingerprint density at radius 2 is 1.69 bits per heavy atom. The zero-order valence-corrected chi connectivity index (χ0v) is 18.2. The van der Waals surface area contributed by atoms with E-state index in [1.807, 2.05) is 30.3 Å². The van der Waals surface area contributed by atoms with Crippen molar-refractivity contribution in [3.8, 4) is 0 Å². The average molecular weight is 413 g/mol. The van der Waals surface area contributed by atoms with Crippen molar-refractivity contribution in [2.45, 2.75) is 57.5 Å². The van der Waals surface area contributed by atoms with Crippen LogP contribution in [0.25, 0.3) is 0 Å². The van der Waals surface area contributed by atoms with E-state index < -0.39 is 0 Å². The lowest BCUT2D eigenvalue weighted by atomic mass is 9.93. The molecule has 1 saturated heterocycles. The quantitative estimate of drug-likeness (QED) is 0.732. The van der Waals surface area contributed by atoms with Crippen LogP contribution in [0.2, 0.25) is 0 Å². The average Bonchev–Trinajstić information content (AvgIpc) is 3.18. The van der Waals surface area contributed by atoms with E-state index >= 15 is 0 Å². The predicted molar refractivity (Wildman–Crippen MR) is 122 cm³/mol. The van der Waals surface area contributed by atoms with Gasteiger partial charge in [0.15, 0.2) is 0 Å². The second kappa shape index (κ2) is 10.3. The van der Waals surface area contributed by atoms with Gasteiger partial charge in [-0.15, -0.1) is 12.4 Å². The molecule has 0 aromatic heterocycles. The molecule has 0 spiro atoms. The Kier molecular flexibility index (Phi) is 7.74. The molecule has 2 aromatic carbocycles.